The lowest BCUT2D eigenvalue weighted by Gasteiger charge is -2.08. The van der Waals surface area contributed by atoms with Crippen LogP contribution in [0.1, 0.15) is 16.9 Å². The van der Waals surface area contributed by atoms with Crippen molar-refractivity contribution in [2.75, 3.05) is 13.6 Å². The van der Waals surface area contributed by atoms with E-state index in [-0.39, 0.29) is 5.91 Å². The topological polar surface area (TPSA) is 54.0 Å². The molecule has 0 atom stereocenters. The highest BCUT2D eigenvalue weighted by atomic mass is 35.5. The number of carbonyl (C=O) groups is 1. The fraction of sp³-hybridized carbons (Fsp3) is 0.200. The molecule has 0 fully saturated rings. The molecule has 0 aliphatic rings. The average Bonchev–Trinajstić information content (AvgIpc) is 2.44. The van der Waals surface area contributed by atoms with Crippen molar-refractivity contribution in [3.8, 4) is 0 Å². The lowest BCUT2D eigenvalue weighted by Crippen LogP contribution is -2.25. The first-order chi connectivity index (χ1) is 9.60. The summed E-state index contributed by atoms with van der Waals surface area (Å²) in [4.78, 5) is 16.4. The van der Waals surface area contributed by atoms with E-state index < -0.39 is 0 Å². The maximum Gasteiger partial charge on any atom is 0.274 e. The molecule has 104 valence electrons. The van der Waals surface area contributed by atoms with Gasteiger partial charge in [-0.25, -0.2) is 4.98 Å². The zero-order valence-corrected chi connectivity index (χ0v) is 12.0. The van der Waals surface area contributed by atoms with Crippen molar-refractivity contribution in [3.05, 3.63) is 53.3 Å². The molecule has 2 aromatic rings. The monoisotopic (exact) mass is 289 g/mol. The number of hydrogen-bond acceptors (Lipinski definition) is 3. The quantitative estimate of drug-likeness (QED) is 0.890. The van der Waals surface area contributed by atoms with Crippen LogP contribution < -0.4 is 10.6 Å². The summed E-state index contributed by atoms with van der Waals surface area (Å²) in [7, 11) is 1.85. The van der Waals surface area contributed by atoms with Crippen molar-refractivity contribution < 1.29 is 4.79 Å². The van der Waals surface area contributed by atoms with Crippen LogP contribution in [-0.2, 0) is 0 Å². The van der Waals surface area contributed by atoms with E-state index in [1.807, 2.05) is 19.2 Å². The Labute approximate surface area is 122 Å². The highest BCUT2D eigenvalue weighted by Crippen LogP contribution is 2.18. The number of aromatic nitrogens is 1. The number of benzene rings is 1. The molecule has 1 heterocycles. The van der Waals surface area contributed by atoms with E-state index in [1.54, 1.807) is 18.2 Å². The van der Waals surface area contributed by atoms with Gasteiger partial charge in [0, 0.05) is 22.7 Å². The molecular weight excluding hydrogens is 274 g/mol. The average molecular weight is 290 g/mol. The van der Waals surface area contributed by atoms with Gasteiger partial charge in [-0.3, -0.25) is 4.79 Å². The summed E-state index contributed by atoms with van der Waals surface area (Å²) in [5.74, 6) is -0.247. The van der Waals surface area contributed by atoms with Gasteiger partial charge in [0.15, 0.2) is 0 Å². The van der Waals surface area contributed by atoms with Gasteiger partial charge in [-0.1, -0.05) is 24.2 Å². The molecule has 0 aliphatic heterocycles. The Kier molecular flexibility index (Phi) is 4.71. The predicted molar refractivity (Wildman–Crippen MR) is 81.9 cm³/mol. The first-order valence-corrected chi connectivity index (χ1v) is 6.68. The molecule has 1 aromatic carbocycles. The molecule has 1 amide bonds. The molecule has 2 rings (SSSR count). The highest BCUT2D eigenvalue weighted by molar-refractivity contribution is 6.31. The van der Waals surface area contributed by atoms with E-state index in [4.69, 9.17) is 11.6 Å². The van der Waals surface area contributed by atoms with Crippen LogP contribution in [0, 0.1) is 0 Å². The number of carbonyl (C=O) groups excluding carboxylic acids is 1. The van der Waals surface area contributed by atoms with Gasteiger partial charge in [0.25, 0.3) is 5.91 Å². The maximum atomic E-state index is 12.0. The Hall–Kier alpha value is -1.91. The third-order valence-electron chi connectivity index (χ3n) is 2.85. The van der Waals surface area contributed by atoms with Gasteiger partial charge in [-0.15, -0.1) is 0 Å². The normalized spacial score (nSPS) is 10.5. The van der Waals surface area contributed by atoms with Gasteiger partial charge in [-0.2, -0.15) is 0 Å². The largest absolute Gasteiger partial charge is 0.325 e. The molecular formula is C15H16ClN3O. The fourth-order valence-corrected chi connectivity index (χ4v) is 1.97. The van der Waals surface area contributed by atoms with E-state index in [1.165, 1.54) is 0 Å². The summed E-state index contributed by atoms with van der Waals surface area (Å²) in [5.41, 5.74) is 1.77. The van der Waals surface area contributed by atoms with Crippen molar-refractivity contribution in [1.82, 2.24) is 15.6 Å². The standard InChI is InChI=1S/C15H16ClN3O/c1-10(7-8-17-2)18-15(20)14-5-3-11-9-12(16)4-6-13(11)19-14/h3-6,9,17H,1,7-8H2,2H3,(H,18,20). The number of hydrogen-bond donors (Lipinski definition) is 2. The minimum atomic E-state index is -0.247. The molecule has 20 heavy (non-hydrogen) atoms. The number of amides is 1. The smallest absolute Gasteiger partial charge is 0.274 e. The van der Waals surface area contributed by atoms with Gasteiger partial charge >= 0.3 is 0 Å². The summed E-state index contributed by atoms with van der Waals surface area (Å²) in [5, 5.41) is 7.30. The Bertz CT molecular complexity index is 655. The van der Waals surface area contributed by atoms with Crippen molar-refractivity contribution in [3.63, 3.8) is 0 Å². The molecule has 0 radical (unpaired) electrons. The Morgan fingerprint density at radius 2 is 2.15 bits per heavy atom. The first-order valence-electron chi connectivity index (χ1n) is 6.30. The number of rotatable bonds is 5. The number of pyridine rings is 1. The van der Waals surface area contributed by atoms with Crippen LogP contribution in [0.25, 0.3) is 10.9 Å². The zero-order chi connectivity index (χ0) is 14.5. The minimum Gasteiger partial charge on any atom is -0.325 e. The van der Waals surface area contributed by atoms with Gasteiger partial charge in [-0.05, 0) is 37.7 Å². The van der Waals surface area contributed by atoms with E-state index in [9.17, 15) is 4.79 Å². The third kappa shape index (κ3) is 3.56. The fourth-order valence-electron chi connectivity index (χ4n) is 1.79. The van der Waals surface area contributed by atoms with Crippen LogP contribution in [-0.4, -0.2) is 24.5 Å². The highest BCUT2D eigenvalue weighted by Gasteiger charge is 2.09. The Balaban J connectivity index is 2.14. The number of fused-ring (bicyclic) bond motifs is 1. The summed E-state index contributed by atoms with van der Waals surface area (Å²) in [6.07, 6.45) is 0.686. The zero-order valence-electron chi connectivity index (χ0n) is 11.2. The van der Waals surface area contributed by atoms with E-state index >= 15 is 0 Å². The summed E-state index contributed by atoms with van der Waals surface area (Å²) in [6, 6.07) is 8.88. The molecule has 0 unspecified atom stereocenters. The molecule has 2 N–H and O–H groups in total. The van der Waals surface area contributed by atoms with Crippen molar-refractivity contribution >= 4 is 28.4 Å². The summed E-state index contributed by atoms with van der Waals surface area (Å²) < 4.78 is 0. The Morgan fingerprint density at radius 3 is 2.90 bits per heavy atom. The van der Waals surface area contributed by atoms with E-state index in [2.05, 4.69) is 22.2 Å². The molecule has 5 heteroatoms. The molecule has 0 saturated carbocycles. The minimum absolute atomic E-state index is 0.247. The van der Waals surface area contributed by atoms with Crippen LogP contribution in [0.5, 0.6) is 0 Å². The number of halogens is 1. The Morgan fingerprint density at radius 1 is 1.35 bits per heavy atom. The lowest BCUT2D eigenvalue weighted by molar-refractivity contribution is 0.0960. The van der Waals surface area contributed by atoms with Gasteiger partial charge in [0.05, 0.1) is 5.52 Å². The second-order valence-corrected chi connectivity index (χ2v) is 4.88. The molecule has 4 nitrogen and oxygen atoms in total. The van der Waals surface area contributed by atoms with Crippen LogP contribution in [0.15, 0.2) is 42.6 Å². The van der Waals surface area contributed by atoms with Crippen LogP contribution in [0.3, 0.4) is 0 Å². The summed E-state index contributed by atoms with van der Waals surface area (Å²) >= 11 is 5.91. The molecule has 0 aliphatic carbocycles. The maximum absolute atomic E-state index is 12.0. The molecule has 1 aromatic heterocycles. The third-order valence-corrected chi connectivity index (χ3v) is 3.09. The number of nitrogens with zero attached hydrogens (tertiary/aromatic N) is 1. The predicted octanol–water partition coefficient (Wildman–Crippen LogP) is 2.74. The van der Waals surface area contributed by atoms with Gasteiger partial charge in [0.1, 0.15) is 5.69 Å². The van der Waals surface area contributed by atoms with Crippen molar-refractivity contribution in [1.29, 1.82) is 0 Å². The van der Waals surface area contributed by atoms with Gasteiger partial charge < -0.3 is 10.6 Å². The van der Waals surface area contributed by atoms with E-state index in [0.29, 0.717) is 22.8 Å². The molecule has 0 saturated heterocycles. The second kappa shape index (κ2) is 6.50. The van der Waals surface area contributed by atoms with Crippen molar-refractivity contribution in [2.24, 2.45) is 0 Å². The SMILES string of the molecule is C=C(CCNC)NC(=O)c1ccc2cc(Cl)ccc2n1. The molecule has 0 spiro atoms. The second-order valence-electron chi connectivity index (χ2n) is 4.44. The molecule has 0 bridgehead atoms. The summed E-state index contributed by atoms with van der Waals surface area (Å²) in [6.45, 7) is 4.58. The van der Waals surface area contributed by atoms with Crippen LogP contribution >= 0.6 is 11.6 Å². The van der Waals surface area contributed by atoms with Gasteiger partial charge in [0.2, 0.25) is 0 Å². The van der Waals surface area contributed by atoms with E-state index in [0.717, 1.165) is 17.4 Å². The lowest BCUT2D eigenvalue weighted by atomic mass is 10.2. The van der Waals surface area contributed by atoms with Crippen LogP contribution in [0.2, 0.25) is 5.02 Å². The number of nitrogens with one attached hydrogen (secondary N) is 2. The van der Waals surface area contributed by atoms with Crippen LogP contribution in [0.4, 0.5) is 0 Å². The first kappa shape index (κ1) is 14.5. The van der Waals surface area contributed by atoms with Crippen molar-refractivity contribution in [2.45, 2.75) is 6.42 Å².